The molecule has 1 aliphatic heterocycles. The van der Waals surface area contributed by atoms with Crippen molar-refractivity contribution in [3.63, 3.8) is 0 Å². The molecule has 1 heterocycles. The van der Waals surface area contributed by atoms with Gasteiger partial charge in [-0.1, -0.05) is 18.2 Å². The number of nitrogens with zero attached hydrogens (tertiary/aromatic N) is 2. The summed E-state index contributed by atoms with van der Waals surface area (Å²) in [6, 6.07) is 10.8. The Morgan fingerprint density at radius 3 is 2.41 bits per heavy atom. The van der Waals surface area contributed by atoms with Crippen molar-refractivity contribution in [1.29, 1.82) is 0 Å². The fraction of sp³-hybridized carbons (Fsp3) is 0.357. The molecule has 0 radical (unpaired) electrons. The highest BCUT2D eigenvalue weighted by atomic mass is 16.5. The molecule has 17 heavy (non-hydrogen) atoms. The topological polar surface area (TPSA) is 24.8 Å². The molecule has 3 nitrogen and oxygen atoms in total. The number of ether oxygens (including phenoxy) is 1. The fourth-order valence-electron chi connectivity index (χ4n) is 2.08. The van der Waals surface area contributed by atoms with Crippen molar-refractivity contribution in [1.82, 2.24) is 0 Å². The molecule has 0 fully saturated rings. The Bertz CT molecular complexity index is 460. The molecule has 0 saturated heterocycles. The molecule has 0 saturated carbocycles. The molecule has 2 rings (SSSR count). The lowest BCUT2D eigenvalue weighted by atomic mass is 10.0. The first kappa shape index (κ1) is 11.7. The van der Waals surface area contributed by atoms with Crippen LogP contribution in [0.25, 0.3) is 0 Å². The fourth-order valence-corrected chi connectivity index (χ4v) is 2.08. The zero-order chi connectivity index (χ0) is 12.5. The third-order valence-corrected chi connectivity index (χ3v) is 2.69. The number of allylic oxidation sites excluding steroid dienone is 1. The molecular weight excluding hydrogens is 212 g/mol. The van der Waals surface area contributed by atoms with Gasteiger partial charge in [-0.3, -0.25) is 4.90 Å². The first-order valence-corrected chi connectivity index (χ1v) is 5.72. The number of aliphatic imine (C=N–C) groups is 1. The van der Waals surface area contributed by atoms with Crippen LogP contribution in [0.5, 0.6) is 0 Å². The number of methoxy groups -OCH3 is 1. The second-order valence-electron chi connectivity index (χ2n) is 4.71. The molecule has 0 N–H and O–H groups in total. The average Bonchev–Trinajstić information content (AvgIpc) is 2.28. The summed E-state index contributed by atoms with van der Waals surface area (Å²) in [5, 5.41) is 0. The first-order chi connectivity index (χ1) is 8.03. The van der Waals surface area contributed by atoms with Crippen LogP contribution < -0.4 is 4.90 Å². The van der Waals surface area contributed by atoms with Gasteiger partial charge in [-0.2, -0.15) is 0 Å². The number of hydrogen-bond donors (Lipinski definition) is 0. The monoisotopic (exact) mass is 230 g/mol. The summed E-state index contributed by atoms with van der Waals surface area (Å²) in [6.45, 7) is 6.21. The molecule has 0 unspecified atom stereocenters. The van der Waals surface area contributed by atoms with Crippen molar-refractivity contribution < 1.29 is 4.74 Å². The third kappa shape index (κ3) is 2.33. The number of amidine groups is 1. The summed E-state index contributed by atoms with van der Waals surface area (Å²) < 4.78 is 5.40. The molecule has 1 aromatic rings. The minimum absolute atomic E-state index is 0.208. The normalized spacial score (nSPS) is 18.5. The molecule has 1 aromatic carbocycles. The second-order valence-corrected chi connectivity index (χ2v) is 4.71. The molecule has 90 valence electrons. The standard InChI is InChI=1S/C14H18N2O/c1-11-10-14(2,3)15-13(17-4)16(11)12-8-6-5-7-9-12/h5-10H,1-4H3. The predicted molar refractivity (Wildman–Crippen MR) is 71.2 cm³/mol. The molecule has 0 bridgehead atoms. The lowest BCUT2D eigenvalue weighted by molar-refractivity contribution is 0.381. The molecule has 0 atom stereocenters. The number of hydrogen-bond acceptors (Lipinski definition) is 3. The van der Waals surface area contributed by atoms with Gasteiger partial charge < -0.3 is 4.74 Å². The molecular formula is C14H18N2O. The largest absolute Gasteiger partial charge is 0.468 e. The van der Waals surface area contributed by atoms with Crippen LogP contribution in [0.15, 0.2) is 47.1 Å². The summed E-state index contributed by atoms with van der Waals surface area (Å²) in [4.78, 5) is 6.60. The average molecular weight is 230 g/mol. The summed E-state index contributed by atoms with van der Waals surface area (Å²) in [5.41, 5.74) is 1.99. The lowest BCUT2D eigenvalue weighted by Gasteiger charge is -2.33. The minimum atomic E-state index is -0.208. The van der Waals surface area contributed by atoms with Crippen molar-refractivity contribution in [2.45, 2.75) is 26.3 Å². The van der Waals surface area contributed by atoms with E-state index in [0.717, 1.165) is 11.4 Å². The van der Waals surface area contributed by atoms with Crippen molar-refractivity contribution in [2.75, 3.05) is 12.0 Å². The molecule has 0 aliphatic carbocycles. The van der Waals surface area contributed by atoms with Gasteiger partial charge in [-0.05, 0) is 39.0 Å². The van der Waals surface area contributed by atoms with Gasteiger partial charge in [-0.25, -0.2) is 4.99 Å². The van der Waals surface area contributed by atoms with Gasteiger partial charge in [0.2, 0.25) is 0 Å². The number of para-hydroxylation sites is 1. The molecule has 3 heteroatoms. The van der Waals surface area contributed by atoms with Crippen molar-refractivity contribution in [3.05, 3.63) is 42.1 Å². The summed E-state index contributed by atoms with van der Waals surface area (Å²) in [5.74, 6) is 0. The van der Waals surface area contributed by atoms with Crippen molar-refractivity contribution >= 4 is 11.7 Å². The van der Waals surface area contributed by atoms with Crippen LogP contribution in [0.1, 0.15) is 20.8 Å². The van der Waals surface area contributed by atoms with Gasteiger partial charge in [0.15, 0.2) is 0 Å². The van der Waals surface area contributed by atoms with Crippen LogP contribution in [0.4, 0.5) is 5.69 Å². The maximum Gasteiger partial charge on any atom is 0.296 e. The Kier molecular flexibility index (Phi) is 2.92. The number of rotatable bonds is 1. The smallest absolute Gasteiger partial charge is 0.296 e. The highest BCUT2D eigenvalue weighted by Gasteiger charge is 2.27. The van der Waals surface area contributed by atoms with Crippen molar-refractivity contribution in [3.8, 4) is 0 Å². The Hall–Kier alpha value is -1.77. The maximum absolute atomic E-state index is 5.40. The molecule has 0 amide bonds. The van der Waals surface area contributed by atoms with Crippen LogP contribution in [-0.2, 0) is 4.74 Å². The minimum Gasteiger partial charge on any atom is -0.468 e. The summed E-state index contributed by atoms with van der Waals surface area (Å²) in [7, 11) is 1.66. The summed E-state index contributed by atoms with van der Waals surface area (Å²) >= 11 is 0. The van der Waals surface area contributed by atoms with Gasteiger partial charge >= 0.3 is 0 Å². The Balaban J connectivity index is 2.44. The Labute approximate surface area is 102 Å². The van der Waals surface area contributed by atoms with E-state index >= 15 is 0 Å². The Morgan fingerprint density at radius 1 is 1.18 bits per heavy atom. The van der Waals surface area contributed by atoms with E-state index in [1.54, 1.807) is 7.11 Å². The molecule has 0 spiro atoms. The van der Waals surface area contributed by atoms with E-state index in [2.05, 4.69) is 31.8 Å². The van der Waals surface area contributed by atoms with E-state index in [-0.39, 0.29) is 5.54 Å². The van der Waals surface area contributed by atoms with Crippen LogP contribution >= 0.6 is 0 Å². The highest BCUT2D eigenvalue weighted by Crippen LogP contribution is 2.27. The Morgan fingerprint density at radius 2 is 1.82 bits per heavy atom. The van der Waals surface area contributed by atoms with E-state index < -0.39 is 0 Å². The quantitative estimate of drug-likeness (QED) is 0.740. The summed E-state index contributed by atoms with van der Waals surface area (Å²) in [6.07, 6.45) is 2.14. The van der Waals surface area contributed by atoms with E-state index in [1.165, 1.54) is 0 Å². The maximum atomic E-state index is 5.40. The van der Waals surface area contributed by atoms with Crippen LogP contribution in [0, 0.1) is 0 Å². The lowest BCUT2D eigenvalue weighted by Crippen LogP contribution is -2.38. The van der Waals surface area contributed by atoms with E-state index in [9.17, 15) is 0 Å². The van der Waals surface area contributed by atoms with E-state index in [4.69, 9.17) is 4.74 Å². The number of benzene rings is 1. The van der Waals surface area contributed by atoms with Crippen LogP contribution in [0.3, 0.4) is 0 Å². The van der Waals surface area contributed by atoms with Gasteiger partial charge in [-0.15, -0.1) is 0 Å². The van der Waals surface area contributed by atoms with Crippen molar-refractivity contribution in [2.24, 2.45) is 4.99 Å². The van der Waals surface area contributed by atoms with Crippen LogP contribution in [-0.4, -0.2) is 18.7 Å². The van der Waals surface area contributed by atoms with Gasteiger partial charge in [0, 0.05) is 5.70 Å². The second kappa shape index (κ2) is 4.24. The first-order valence-electron chi connectivity index (χ1n) is 5.72. The van der Waals surface area contributed by atoms with E-state index in [0.29, 0.717) is 6.02 Å². The van der Waals surface area contributed by atoms with Gasteiger partial charge in [0.1, 0.15) is 0 Å². The van der Waals surface area contributed by atoms with Crippen LogP contribution in [0.2, 0.25) is 0 Å². The van der Waals surface area contributed by atoms with Gasteiger partial charge in [0.25, 0.3) is 6.02 Å². The third-order valence-electron chi connectivity index (χ3n) is 2.69. The highest BCUT2D eigenvalue weighted by molar-refractivity contribution is 5.96. The SMILES string of the molecule is COC1=NC(C)(C)C=C(C)N1c1ccccc1. The molecule has 1 aliphatic rings. The van der Waals surface area contributed by atoms with Gasteiger partial charge in [0.05, 0.1) is 18.3 Å². The zero-order valence-corrected chi connectivity index (χ0v) is 10.8. The zero-order valence-electron chi connectivity index (χ0n) is 10.8. The molecule has 0 aromatic heterocycles. The predicted octanol–water partition coefficient (Wildman–Crippen LogP) is 3.19. The number of anilines is 1. The van der Waals surface area contributed by atoms with E-state index in [1.807, 2.05) is 35.2 Å².